The van der Waals surface area contributed by atoms with Crippen molar-refractivity contribution in [1.82, 2.24) is 4.90 Å². The van der Waals surface area contributed by atoms with Crippen molar-refractivity contribution >= 4 is 11.9 Å². The van der Waals surface area contributed by atoms with Crippen molar-refractivity contribution in [2.75, 3.05) is 27.3 Å². The van der Waals surface area contributed by atoms with E-state index in [2.05, 4.69) is 0 Å². The summed E-state index contributed by atoms with van der Waals surface area (Å²) < 4.78 is 10.3. The zero-order valence-corrected chi connectivity index (χ0v) is 12.0. The average Bonchev–Trinajstić information content (AvgIpc) is 2.89. The maximum Gasteiger partial charge on any atom is 0.325 e. The second-order valence-corrected chi connectivity index (χ2v) is 5.00. The Morgan fingerprint density at radius 3 is 2.57 bits per heavy atom. The van der Waals surface area contributed by atoms with Crippen molar-refractivity contribution in [1.29, 1.82) is 0 Å². The van der Waals surface area contributed by atoms with Crippen LogP contribution in [0.2, 0.25) is 0 Å². The van der Waals surface area contributed by atoms with Gasteiger partial charge in [0.2, 0.25) is 0 Å². The molecule has 1 aromatic carbocycles. The third kappa shape index (κ3) is 2.78. The first kappa shape index (κ1) is 15.1. The van der Waals surface area contributed by atoms with E-state index in [1.165, 1.54) is 19.1 Å². The molecular weight excluding hydrogens is 276 g/mol. The van der Waals surface area contributed by atoms with E-state index in [-0.39, 0.29) is 18.9 Å². The predicted octanol–water partition coefficient (Wildman–Crippen LogP) is 0.332. The summed E-state index contributed by atoms with van der Waals surface area (Å²) in [5.41, 5.74) is 4.72. The van der Waals surface area contributed by atoms with Gasteiger partial charge in [0.15, 0.2) is 0 Å². The molecule has 0 spiro atoms. The molecule has 0 aromatic heterocycles. The SMILES string of the molecule is COc1ccc(OC)c(C(=O)N2CCC(N)(C(=O)O)C2)c1. The number of likely N-dealkylation sites (tertiary alicyclic amines) is 1. The van der Waals surface area contributed by atoms with E-state index in [0.29, 0.717) is 23.6 Å². The molecular formula is C14H18N2O5. The smallest absolute Gasteiger partial charge is 0.325 e. The van der Waals surface area contributed by atoms with Gasteiger partial charge in [-0.2, -0.15) is 0 Å². The van der Waals surface area contributed by atoms with Gasteiger partial charge in [0.1, 0.15) is 17.0 Å². The minimum Gasteiger partial charge on any atom is -0.497 e. The Kier molecular flexibility index (Phi) is 4.04. The van der Waals surface area contributed by atoms with Crippen LogP contribution in [0.15, 0.2) is 18.2 Å². The highest BCUT2D eigenvalue weighted by molar-refractivity contribution is 5.98. The Morgan fingerprint density at radius 2 is 2.05 bits per heavy atom. The normalized spacial score (nSPS) is 21.2. The van der Waals surface area contributed by atoms with E-state index in [1.54, 1.807) is 18.2 Å². The molecule has 1 heterocycles. The number of ether oxygens (including phenoxy) is 2. The van der Waals surface area contributed by atoms with Crippen molar-refractivity contribution in [3.05, 3.63) is 23.8 Å². The number of carboxylic acids is 1. The van der Waals surface area contributed by atoms with Crippen molar-refractivity contribution in [2.45, 2.75) is 12.0 Å². The molecule has 0 radical (unpaired) electrons. The lowest BCUT2D eigenvalue weighted by atomic mass is 10.0. The van der Waals surface area contributed by atoms with Gasteiger partial charge in [0, 0.05) is 13.1 Å². The number of carboxylic acid groups (broad SMARTS) is 1. The molecule has 1 atom stereocenters. The Morgan fingerprint density at radius 1 is 1.33 bits per heavy atom. The maximum absolute atomic E-state index is 12.5. The van der Waals surface area contributed by atoms with Crippen LogP contribution < -0.4 is 15.2 Å². The predicted molar refractivity (Wildman–Crippen MR) is 74.6 cm³/mol. The number of nitrogens with two attached hydrogens (primary N) is 1. The Hall–Kier alpha value is -2.28. The Bertz CT molecular complexity index is 574. The highest BCUT2D eigenvalue weighted by atomic mass is 16.5. The average molecular weight is 294 g/mol. The summed E-state index contributed by atoms with van der Waals surface area (Å²) in [6, 6.07) is 4.89. The molecule has 1 fully saturated rings. The second kappa shape index (κ2) is 5.61. The van der Waals surface area contributed by atoms with E-state index in [0.717, 1.165) is 0 Å². The zero-order valence-electron chi connectivity index (χ0n) is 12.0. The standard InChI is InChI=1S/C14H18N2O5/c1-20-9-3-4-11(21-2)10(7-9)12(17)16-6-5-14(15,8-16)13(18)19/h3-4,7H,5-6,8,15H2,1-2H3,(H,18,19). The molecule has 0 aliphatic carbocycles. The Balaban J connectivity index is 2.27. The molecule has 1 aromatic rings. The molecule has 1 amide bonds. The van der Waals surface area contributed by atoms with Crippen LogP contribution in [0, 0.1) is 0 Å². The van der Waals surface area contributed by atoms with Gasteiger partial charge in [-0.3, -0.25) is 9.59 Å². The van der Waals surface area contributed by atoms with E-state index >= 15 is 0 Å². The molecule has 7 heteroatoms. The van der Waals surface area contributed by atoms with Crippen LogP contribution in [0.4, 0.5) is 0 Å². The fraction of sp³-hybridized carbons (Fsp3) is 0.429. The van der Waals surface area contributed by atoms with Gasteiger partial charge in [-0.05, 0) is 24.6 Å². The molecule has 1 aliphatic rings. The number of hydrogen-bond acceptors (Lipinski definition) is 5. The summed E-state index contributed by atoms with van der Waals surface area (Å²) in [5.74, 6) is -0.490. The summed E-state index contributed by atoms with van der Waals surface area (Å²) in [6.07, 6.45) is 0.223. The number of benzene rings is 1. The largest absolute Gasteiger partial charge is 0.497 e. The summed E-state index contributed by atoms with van der Waals surface area (Å²) in [6.45, 7) is 0.267. The molecule has 114 valence electrons. The van der Waals surface area contributed by atoms with E-state index in [1.807, 2.05) is 0 Å². The zero-order chi connectivity index (χ0) is 15.6. The summed E-state index contributed by atoms with van der Waals surface area (Å²) in [7, 11) is 2.97. The van der Waals surface area contributed by atoms with E-state index in [4.69, 9.17) is 20.3 Å². The highest BCUT2D eigenvalue weighted by Crippen LogP contribution is 2.28. The van der Waals surface area contributed by atoms with E-state index < -0.39 is 11.5 Å². The lowest BCUT2D eigenvalue weighted by Crippen LogP contribution is -2.50. The van der Waals surface area contributed by atoms with Crippen LogP contribution in [0.25, 0.3) is 0 Å². The summed E-state index contributed by atoms with van der Waals surface area (Å²) in [4.78, 5) is 25.1. The molecule has 1 aliphatic heterocycles. The molecule has 1 saturated heterocycles. The number of rotatable bonds is 4. The van der Waals surface area contributed by atoms with Gasteiger partial charge in [-0.25, -0.2) is 0 Å². The molecule has 21 heavy (non-hydrogen) atoms. The number of carbonyl (C=O) groups excluding carboxylic acids is 1. The molecule has 0 saturated carbocycles. The lowest BCUT2D eigenvalue weighted by Gasteiger charge is -2.21. The number of carbonyl (C=O) groups is 2. The maximum atomic E-state index is 12.5. The first-order chi connectivity index (χ1) is 9.91. The number of amides is 1. The number of aliphatic carboxylic acids is 1. The quantitative estimate of drug-likeness (QED) is 0.829. The number of nitrogens with zero attached hydrogens (tertiary/aromatic N) is 1. The second-order valence-electron chi connectivity index (χ2n) is 5.00. The van der Waals surface area contributed by atoms with E-state index in [9.17, 15) is 9.59 Å². The van der Waals surface area contributed by atoms with Crippen LogP contribution >= 0.6 is 0 Å². The van der Waals surface area contributed by atoms with Crippen molar-refractivity contribution in [2.24, 2.45) is 5.73 Å². The minimum atomic E-state index is -1.39. The van der Waals surface area contributed by atoms with Crippen LogP contribution in [0.1, 0.15) is 16.8 Å². The van der Waals surface area contributed by atoms with Crippen LogP contribution in [0.5, 0.6) is 11.5 Å². The third-order valence-corrected chi connectivity index (χ3v) is 3.65. The number of methoxy groups -OCH3 is 2. The first-order valence-corrected chi connectivity index (χ1v) is 6.45. The van der Waals surface area contributed by atoms with Gasteiger partial charge >= 0.3 is 5.97 Å². The molecule has 7 nitrogen and oxygen atoms in total. The van der Waals surface area contributed by atoms with Crippen molar-refractivity contribution in [3.63, 3.8) is 0 Å². The third-order valence-electron chi connectivity index (χ3n) is 3.65. The summed E-state index contributed by atoms with van der Waals surface area (Å²) in [5, 5.41) is 9.12. The molecule has 0 bridgehead atoms. The first-order valence-electron chi connectivity index (χ1n) is 6.45. The topological polar surface area (TPSA) is 102 Å². The van der Waals surface area contributed by atoms with Crippen LogP contribution in [-0.2, 0) is 4.79 Å². The Labute approximate surface area is 122 Å². The van der Waals surface area contributed by atoms with Crippen LogP contribution in [-0.4, -0.2) is 54.7 Å². The molecule has 3 N–H and O–H groups in total. The van der Waals surface area contributed by atoms with Gasteiger partial charge in [0.25, 0.3) is 5.91 Å². The fourth-order valence-electron chi connectivity index (χ4n) is 2.33. The molecule has 2 rings (SSSR count). The number of hydrogen-bond donors (Lipinski definition) is 2. The van der Waals surface area contributed by atoms with Gasteiger partial charge < -0.3 is 25.2 Å². The molecule has 1 unspecified atom stereocenters. The summed E-state index contributed by atoms with van der Waals surface area (Å²) >= 11 is 0. The van der Waals surface area contributed by atoms with Crippen molar-refractivity contribution < 1.29 is 24.2 Å². The monoisotopic (exact) mass is 294 g/mol. The highest BCUT2D eigenvalue weighted by Gasteiger charge is 2.43. The minimum absolute atomic E-state index is 0.0263. The van der Waals surface area contributed by atoms with Crippen LogP contribution in [0.3, 0.4) is 0 Å². The van der Waals surface area contributed by atoms with Crippen molar-refractivity contribution in [3.8, 4) is 11.5 Å². The van der Waals surface area contributed by atoms with Gasteiger partial charge in [0.05, 0.1) is 19.8 Å². The van der Waals surface area contributed by atoms with Gasteiger partial charge in [-0.1, -0.05) is 0 Å². The fourth-order valence-corrected chi connectivity index (χ4v) is 2.33. The lowest BCUT2D eigenvalue weighted by molar-refractivity contribution is -0.142. The van der Waals surface area contributed by atoms with Gasteiger partial charge in [-0.15, -0.1) is 0 Å².